The highest BCUT2D eigenvalue weighted by Crippen LogP contribution is 1.66. The zero-order chi connectivity index (χ0) is 5.54. The van der Waals surface area contributed by atoms with E-state index in [2.05, 4.69) is 21.2 Å². The van der Waals surface area contributed by atoms with Crippen molar-refractivity contribution in [3.8, 4) is 0 Å². The number of nitrogens with zero attached hydrogens (tertiary/aromatic N) is 3. The molecule has 0 aromatic heterocycles. The summed E-state index contributed by atoms with van der Waals surface area (Å²) >= 11 is 0. The van der Waals surface area contributed by atoms with Crippen molar-refractivity contribution in [2.24, 2.45) is 21.2 Å². The van der Waals surface area contributed by atoms with Crippen LogP contribution in [0.25, 0.3) is 0 Å². The molecule has 0 saturated heterocycles. The van der Waals surface area contributed by atoms with Crippen molar-refractivity contribution < 1.29 is 0 Å². The van der Waals surface area contributed by atoms with Crippen LogP contribution in [0.2, 0.25) is 0 Å². The first-order valence-electron chi connectivity index (χ1n) is 2.00. The summed E-state index contributed by atoms with van der Waals surface area (Å²) in [5, 5.41) is 10.1. The van der Waals surface area contributed by atoms with E-state index >= 15 is 0 Å². The van der Waals surface area contributed by atoms with Crippen LogP contribution < -0.4 is 5.84 Å². The SMILES string of the molecule is CCN=NC=NN. The fourth-order valence-corrected chi connectivity index (χ4v) is 0.148. The molecule has 0 radical (unpaired) electrons. The van der Waals surface area contributed by atoms with Crippen molar-refractivity contribution in [1.82, 2.24) is 0 Å². The molecule has 0 aliphatic carbocycles. The maximum atomic E-state index is 4.68. The van der Waals surface area contributed by atoms with Crippen LogP contribution in [0, 0.1) is 0 Å². The van der Waals surface area contributed by atoms with Crippen LogP contribution in [0.1, 0.15) is 6.92 Å². The smallest absolute Gasteiger partial charge is 0.157 e. The lowest BCUT2D eigenvalue weighted by Crippen LogP contribution is -1.77. The molecule has 4 nitrogen and oxygen atoms in total. The molecule has 0 spiro atoms. The van der Waals surface area contributed by atoms with Gasteiger partial charge in [0.25, 0.3) is 0 Å². The van der Waals surface area contributed by atoms with E-state index in [1.165, 1.54) is 6.34 Å². The van der Waals surface area contributed by atoms with Gasteiger partial charge in [-0.15, -0.1) is 5.11 Å². The first kappa shape index (κ1) is 6.07. The number of rotatable bonds is 2. The summed E-state index contributed by atoms with van der Waals surface area (Å²) in [5.41, 5.74) is 0. The minimum atomic E-state index is 0.673. The van der Waals surface area contributed by atoms with Crippen LogP contribution in [0.15, 0.2) is 15.3 Å². The maximum Gasteiger partial charge on any atom is 0.157 e. The normalized spacial score (nSPS) is 11.6. The predicted molar refractivity (Wildman–Crippen MR) is 28.1 cm³/mol. The fourth-order valence-electron chi connectivity index (χ4n) is 0.148. The summed E-state index contributed by atoms with van der Waals surface area (Å²) < 4.78 is 0. The van der Waals surface area contributed by atoms with Gasteiger partial charge in [-0.3, -0.25) is 0 Å². The van der Waals surface area contributed by atoms with Gasteiger partial charge in [-0.1, -0.05) is 0 Å². The van der Waals surface area contributed by atoms with Crippen LogP contribution in [0.4, 0.5) is 0 Å². The molecule has 0 aliphatic rings. The molecule has 4 heteroatoms. The predicted octanol–water partition coefficient (Wildman–Crippen LogP) is 0.361. The number of nitrogens with two attached hydrogens (primary N) is 1. The second-order valence-corrected chi connectivity index (χ2v) is 0.838. The average molecular weight is 100 g/mol. The molecule has 0 aromatic carbocycles. The number of hydrogen-bond acceptors (Lipinski definition) is 3. The van der Waals surface area contributed by atoms with Gasteiger partial charge in [0, 0.05) is 0 Å². The Morgan fingerprint density at radius 3 is 2.86 bits per heavy atom. The van der Waals surface area contributed by atoms with E-state index < -0.39 is 0 Å². The summed E-state index contributed by atoms with van der Waals surface area (Å²) in [5.74, 6) is 4.68. The second-order valence-electron chi connectivity index (χ2n) is 0.838. The van der Waals surface area contributed by atoms with Crippen molar-refractivity contribution in [2.75, 3.05) is 6.54 Å². The molecule has 0 amide bonds. The average Bonchev–Trinajstić information content (AvgIpc) is 1.69. The van der Waals surface area contributed by atoms with Crippen LogP contribution in [-0.2, 0) is 0 Å². The molecular weight excluding hydrogens is 92.1 g/mol. The van der Waals surface area contributed by atoms with E-state index in [-0.39, 0.29) is 0 Å². The topological polar surface area (TPSA) is 63.1 Å². The molecule has 0 heterocycles. The molecule has 0 saturated carbocycles. The summed E-state index contributed by atoms with van der Waals surface area (Å²) in [4.78, 5) is 0. The summed E-state index contributed by atoms with van der Waals surface area (Å²) in [7, 11) is 0. The molecular formula is C3H8N4. The molecule has 0 rings (SSSR count). The first-order chi connectivity index (χ1) is 3.41. The summed E-state index contributed by atoms with van der Waals surface area (Å²) in [6.07, 6.45) is 1.20. The Bertz CT molecular complexity index is 75.0. The molecule has 0 unspecified atom stereocenters. The van der Waals surface area contributed by atoms with E-state index in [0.717, 1.165) is 0 Å². The van der Waals surface area contributed by atoms with E-state index in [0.29, 0.717) is 6.54 Å². The molecule has 0 bridgehead atoms. The maximum absolute atomic E-state index is 4.68. The van der Waals surface area contributed by atoms with Crippen molar-refractivity contribution in [1.29, 1.82) is 0 Å². The van der Waals surface area contributed by atoms with Crippen LogP contribution in [-0.4, -0.2) is 12.9 Å². The third-order valence-corrected chi connectivity index (χ3v) is 0.341. The first-order valence-corrected chi connectivity index (χ1v) is 2.00. The Kier molecular flexibility index (Phi) is 4.40. The minimum Gasteiger partial charge on any atom is -0.322 e. The minimum absolute atomic E-state index is 0.673. The summed E-state index contributed by atoms with van der Waals surface area (Å²) in [6, 6.07) is 0. The molecule has 7 heavy (non-hydrogen) atoms. The largest absolute Gasteiger partial charge is 0.322 e. The van der Waals surface area contributed by atoms with Gasteiger partial charge in [0.1, 0.15) is 0 Å². The molecule has 0 fully saturated rings. The zero-order valence-corrected chi connectivity index (χ0v) is 4.20. The van der Waals surface area contributed by atoms with Crippen LogP contribution in [0.3, 0.4) is 0 Å². The van der Waals surface area contributed by atoms with Gasteiger partial charge in [0.2, 0.25) is 0 Å². The van der Waals surface area contributed by atoms with Gasteiger partial charge in [0.05, 0.1) is 6.54 Å². The van der Waals surface area contributed by atoms with Crippen LogP contribution >= 0.6 is 0 Å². The standard InChI is InChI=1S/C3H8N4/c1-2-6-7-3-5-4/h3H,2,4H2,1H3. The molecule has 0 atom stereocenters. The Morgan fingerprint density at radius 2 is 2.43 bits per heavy atom. The monoisotopic (exact) mass is 100 g/mol. The van der Waals surface area contributed by atoms with Gasteiger partial charge < -0.3 is 5.84 Å². The fraction of sp³-hybridized carbons (Fsp3) is 0.667. The molecule has 2 N–H and O–H groups in total. The van der Waals surface area contributed by atoms with Crippen molar-refractivity contribution in [3.05, 3.63) is 0 Å². The summed E-state index contributed by atoms with van der Waals surface area (Å²) in [6.45, 7) is 2.56. The van der Waals surface area contributed by atoms with E-state index in [1.54, 1.807) is 0 Å². The van der Waals surface area contributed by atoms with Crippen molar-refractivity contribution in [2.45, 2.75) is 6.92 Å². The highest BCUT2D eigenvalue weighted by Gasteiger charge is 1.59. The lowest BCUT2D eigenvalue weighted by molar-refractivity contribution is 1.02. The lowest BCUT2D eigenvalue weighted by atomic mass is 10.8. The Hall–Kier alpha value is -0.930. The highest BCUT2D eigenvalue weighted by molar-refractivity contribution is 5.53. The number of hydrogen-bond donors (Lipinski definition) is 1. The molecule has 0 aliphatic heterocycles. The Morgan fingerprint density at radius 1 is 1.71 bits per heavy atom. The number of azo groups is 1. The molecule has 40 valence electrons. The van der Waals surface area contributed by atoms with E-state index in [4.69, 9.17) is 0 Å². The third kappa shape index (κ3) is 5.07. The highest BCUT2D eigenvalue weighted by atomic mass is 15.2. The van der Waals surface area contributed by atoms with Gasteiger partial charge in [-0.05, 0) is 6.92 Å². The zero-order valence-electron chi connectivity index (χ0n) is 4.20. The van der Waals surface area contributed by atoms with Gasteiger partial charge >= 0.3 is 0 Å². The lowest BCUT2D eigenvalue weighted by Gasteiger charge is -1.70. The quantitative estimate of drug-likeness (QED) is 0.176. The van der Waals surface area contributed by atoms with E-state index in [1.807, 2.05) is 6.92 Å². The van der Waals surface area contributed by atoms with Crippen molar-refractivity contribution in [3.63, 3.8) is 0 Å². The van der Waals surface area contributed by atoms with Gasteiger partial charge in [0.15, 0.2) is 6.34 Å². The second kappa shape index (κ2) is 5.07. The van der Waals surface area contributed by atoms with E-state index in [9.17, 15) is 0 Å². The molecule has 0 aromatic rings. The van der Waals surface area contributed by atoms with Gasteiger partial charge in [-0.2, -0.15) is 10.2 Å². The van der Waals surface area contributed by atoms with Crippen molar-refractivity contribution >= 4 is 6.34 Å². The number of hydrazone groups is 1. The third-order valence-electron chi connectivity index (χ3n) is 0.341. The Labute approximate surface area is 42.1 Å². The van der Waals surface area contributed by atoms with Gasteiger partial charge in [-0.25, -0.2) is 0 Å². The Balaban J connectivity index is 3.09. The van der Waals surface area contributed by atoms with Crippen LogP contribution in [0.5, 0.6) is 0 Å².